The van der Waals surface area contributed by atoms with E-state index in [1.807, 2.05) is 60.8 Å². The van der Waals surface area contributed by atoms with Crippen LogP contribution in [0.4, 0.5) is 0 Å². The molecule has 0 fully saturated rings. The zero-order chi connectivity index (χ0) is 22.8. The van der Waals surface area contributed by atoms with E-state index in [1.165, 1.54) is 11.3 Å². The summed E-state index contributed by atoms with van der Waals surface area (Å²) >= 11 is 1.43. The fraction of sp³-hybridized carbons (Fsp3) is 0.292. The Morgan fingerprint density at radius 2 is 1.88 bits per heavy atom. The Bertz CT molecular complexity index is 1030. The van der Waals surface area contributed by atoms with Crippen molar-refractivity contribution < 1.29 is 23.8 Å². The number of carbonyl (C=O) groups excluding carboxylic acids is 2. The molecule has 0 radical (unpaired) electrons. The summed E-state index contributed by atoms with van der Waals surface area (Å²) in [5.74, 6) is 0.710. The molecule has 32 heavy (non-hydrogen) atoms. The number of amides is 1. The number of carbonyl (C=O) groups is 2. The van der Waals surface area contributed by atoms with Crippen LogP contribution in [0.1, 0.15) is 18.2 Å². The summed E-state index contributed by atoms with van der Waals surface area (Å²) in [6.07, 6.45) is 0.681. The van der Waals surface area contributed by atoms with Crippen LogP contribution in [0.3, 0.4) is 0 Å². The van der Waals surface area contributed by atoms with Gasteiger partial charge in [0.25, 0.3) is 5.91 Å². The lowest BCUT2D eigenvalue weighted by Crippen LogP contribution is -2.30. The van der Waals surface area contributed by atoms with E-state index in [0.717, 1.165) is 27.6 Å². The standard InChI is InChI=1S/C24H26N2O5S/c1-3-30-21-7-5-4-6-20(21)24-26-18(16-32-24)14-23(28)31-15-22(27)25-13-12-17-8-10-19(29-2)11-9-17/h4-11,16H,3,12-15H2,1-2H3,(H,25,27). The quantitative estimate of drug-likeness (QED) is 0.445. The summed E-state index contributed by atoms with van der Waals surface area (Å²) in [5.41, 5.74) is 2.56. The maximum atomic E-state index is 12.1. The Balaban J connectivity index is 1.41. The van der Waals surface area contributed by atoms with Crippen LogP contribution < -0.4 is 14.8 Å². The third kappa shape index (κ3) is 6.81. The highest BCUT2D eigenvalue weighted by molar-refractivity contribution is 7.13. The van der Waals surface area contributed by atoms with Gasteiger partial charge in [0.2, 0.25) is 0 Å². The van der Waals surface area contributed by atoms with Crippen LogP contribution in [0, 0.1) is 0 Å². The van der Waals surface area contributed by atoms with Crippen molar-refractivity contribution >= 4 is 23.2 Å². The van der Waals surface area contributed by atoms with Gasteiger partial charge in [0.05, 0.1) is 31.4 Å². The smallest absolute Gasteiger partial charge is 0.312 e. The van der Waals surface area contributed by atoms with Gasteiger partial charge in [-0.3, -0.25) is 9.59 Å². The number of hydrogen-bond donors (Lipinski definition) is 1. The van der Waals surface area contributed by atoms with Gasteiger partial charge in [0.1, 0.15) is 16.5 Å². The van der Waals surface area contributed by atoms with Gasteiger partial charge < -0.3 is 19.5 Å². The first-order chi connectivity index (χ1) is 15.6. The minimum Gasteiger partial charge on any atom is -0.497 e. The highest BCUT2D eigenvalue weighted by Crippen LogP contribution is 2.32. The molecule has 0 bridgehead atoms. The van der Waals surface area contributed by atoms with Crippen molar-refractivity contribution in [2.75, 3.05) is 26.9 Å². The van der Waals surface area contributed by atoms with Gasteiger partial charge in [-0.2, -0.15) is 0 Å². The Morgan fingerprint density at radius 3 is 2.62 bits per heavy atom. The molecule has 1 heterocycles. The molecular weight excluding hydrogens is 428 g/mol. The van der Waals surface area contributed by atoms with Crippen molar-refractivity contribution in [1.82, 2.24) is 10.3 Å². The number of methoxy groups -OCH3 is 1. The number of rotatable bonds is 11. The summed E-state index contributed by atoms with van der Waals surface area (Å²) in [4.78, 5) is 28.6. The van der Waals surface area contributed by atoms with E-state index < -0.39 is 5.97 Å². The average molecular weight is 455 g/mol. The first-order valence-corrected chi connectivity index (χ1v) is 11.2. The Morgan fingerprint density at radius 1 is 1.09 bits per heavy atom. The molecule has 0 aliphatic carbocycles. The van der Waals surface area contributed by atoms with E-state index in [-0.39, 0.29) is 18.9 Å². The molecule has 1 N–H and O–H groups in total. The summed E-state index contributed by atoms with van der Waals surface area (Å²) in [7, 11) is 1.62. The number of benzene rings is 2. The Labute approximate surface area is 191 Å². The van der Waals surface area contributed by atoms with Crippen molar-refractivity contribution in [2.45, 2.75) is 19.8 Å². The lowest BCUT2D eigenvalue weighted by atomic mass is 10.1. The highest BCUT2D eigenvalue weighted by Gasteiger charge is 2.14. The highest BCUT2D eigenvalue weighted by atomic mass is 32.1. The molecule has 0 saturated heterocycles. The molecule has 0 spiro atoms. The molecule has 0 unspecified atom stereocenters. The number of nitrogens with one attached hydrogen (secondary N) is 1. The third-order valence-electron chi connectivity index (χ3n) is 4.55. The molecule has 0 saturated carbocycles. The fourth-order valence-corrected chi connectivity index (χ4v) is 3.82. The molecular formula is C24H26N2O5S. The van der Waals surface area contributed by atoms with E-state index >= 15 is 0 Å². The molecule has 2 aromatic carbocycles. The summed E-state index contributed by atoms with van der Waals surface area (Å²) < 4.78 is 15.9. The minimum absolute atomic E-state index is 0.00638. The second-order valence-corrected chi connectivity index (χ2v) is 7.72. The van der Waals surface area contributed by atoms with Crippen molar-refractivity contribution in [3.63, 3.8) is 0 Å². The fourth-order valence-electron chi connectivity index (χ4n) is 2.97. The third-order valence-corrected chi connectivity index (χ3v) is 5.48. The maximum Gasteiger partial charge on any atom is 0.312 e. The number of thiazole rings is 1. The van der Waals surface area contributed by atoms with Crippen LogP contribution in [0.5, 0.6) is 11.5 Å². The van der Waals surface area contributed by atoms with Crippen LogP contribution in [-0.4, -0.2) is 43.7 Å². The average Bonchev–Trinajstić information content (AvgIpc) is 3.27. The van der Waals surface area contributed by atoms with Gasteiger partial charge in [-0.05, 0) is 43.2 Å². The zero-order valence-electron chi connectivity index (χ0n) is 18.1. The zero-order valence-corrected chi connectivity index (χ0v) is 18.9. The molecule has 3 aromatic rings. The maximum absolute atomic E-state index is 12.1. The van der Waals surface area contributed by atoms with Gasteiger partial charge >= 0.3 is 5.97 Å². The van der Waals surface area contributed by atoms with Crippen LogP contribution in [0.2, 0.25) is 0 Å². The van der Waals surface area contributed by atoms with Crippen LogP contribution in [0.25, 0.3) is 10.6 Å². The summed E-state index contributed by atoms with van der Waals surface area (Å²) in [6, 6.07) is 15.3. The summed E-state index contributed by atoms with van der Waals surface area (Å²) in [5, 5.41) is 5.33. The van der Waals surface area contributed by atoms with Gasteiger partial charge in [-0.15, -0.1) is 11.3 Å². The van der Waals surface area contributed by atoms with Crippen molar-refractivity contribution in [3.05, 3.63) is 65.2 Å². The Hall–Kier alpha value is -3.39. The molecule has 0 aliphatic rings. The molecule has 0 aliphatic heterocycles. The second-order valence-electron chi connectivity index (χ2n) is 6.86. The molecule has 7 nitrogen and oxygen atoms in total. The Kier molecular flexibility index (Phi) is 8.62. The number of hydrogen-bond acceptors (Lipinski definition) is 7. The largest absolute Gasteiger partial charge is 0.497 e. The number of ether oxygens (including phenoxy) is 3. The van der Waals surface area contributed by atoms with Crippen LogP contribution in [-0.2, 0) is 27.2 Å². The summed E-state index contributed by atoms with van der Waals surface area (Å²) in [6.45, 7) is 2.63. The molecule has 168 valence electrons. The van der Waals surface area contributed by atoms with E-state index in [4.69, 9.17) is 14.2 Å². The van der Waals surface area contributed by atoms with Gasteiger partial charge in [0, 0.05) is 11.9 Å². The minimum atomic E-state index is -0.495. The first kappa shape index (κ1) is 23.3. The second kappa shape index (κ2) is 11.9. The SMILES string of the molecule is CCOc1ccccc1-c1nc(CC(=O)OCC(=O)NCCc2ccc(OC)cc2)cs1. The number of para-hydroxylation sites is 1. The molecule has 3 rings (SSSR count). The van der Waals surface area contributed by atoms with Gasteiger partial charge in [-0.1, -0.05) is 24.3 Å². The van der Waals surface area contributed by atoms with E-state index in [0.29, 0.717) is 25.3 Å². The number of nitrogens with zero attached hydrogens (tertiary/aromatic N) is 1. The molecule has 8 heteroatoms. The predicted octanol–water partition coefficient (Wildman–Crippen LogP) is 3.66. The topological polar surface area (TPSA) is 86.8 Å². The van der Waals surface area contributed by atoms with Crippen molar-refractivity contribution in [1.29, 1.82) is 0 Å². The lowest BCUT2D eigenvalue weighted by molar-refractivity contribution is -0.147. The van der Waals surface area contributed by atoms with Crippen LogP contribution >= 0.6 is 11.3 Å². The lowest BCUT2D eigenvalue weighted by Gasteiger charge is -2.07. The number of esters is 1. The van der Waals surface area contributed by atoms with Crippen LogP contribution in [0.15, 0.2) is 53.9 Å². The molecule has 0 atom stereocenters. The van der Waals surface area contributed by atoms with Crippen molar-refractivity contribution in [2.24, 2.45) is 0 Å². The first-order valence-electron chi connectivity index (χ1n) is 10.3. The normalized spacial score (nSPS) is 10.4. The van der Waals surface area contributed by atoms with E-state index in [1.54, 1.807) is 7.11 Å². The van der Waals surface area contributed by atoms with E-state index in [9.17, 15) is 9.59 Å². The predicted molar refractivity (Wildman–Crippen MR) is 123 cm³/mol. The monoisotopic (exact) mass is 454 g/mol. The van der Waals surface area contributed by atoms with Gasteiger partial charge in [0.15, 0.2) is 6.61 Å². The van der Waals surface area contributed by atoms with Gasteiger partial charge in [-0.25, -0.2) is 4.98 Å². The number of aromatic nitrogens is 1. The van der Waals surface area contributed by atoms with Crippen molar-refractivity contribution in [3.8, 4) is 22.1 Å². The van der Waals surface area contributed by atoms with E-state index in [2.05, 4.69) is 10.3 Å². The molecule has 1 amide bonds. The molecule has 1 aromatic heterocycles.